The van der Waals surface area contributed by atoms with E-state index in [9.17, 15) is 4.39 Å². The van der Waals surface area contributed by atoms with E-state index in [2.05, 4.69) is 20.1 Å². The standard InChI is InChI=1S/C18H23FN4/c19-16-4-6-18(7-5-16)23-13-11-22(12-14-23)10-9-20-15-17-3-1-2-8-21-17/h1-8,20H,9-15H2. The third kappa shape index (κ3) is 4.74. The number of benzene rings is 1. The van der Waals surface area contributed by atoms with Crippen LogP contribution in [0.3, 0.4) is 0 Å². The summed E-state index contributed by atoms with van der Waals surface area (Å²) in [6, 6.07) is 12.8. The highest BCUT2D eigenvalue weighted by Gasteiger charge is 2.16. The fourth-order valence-electron chi connectivity index (χ4n) is 2.84. The van der Waals surface area contributed by atoms with Gasteiger partial charge in [-0.05, 0) is 36.4 Å². The third-order valence-corrected chi connectivity index (χ3v) is 4.20. The van der Waals surface area contributed by atoms with Crippen molar-refractivity contribution in [3.63, 3.8) is 0 Å². The highest BCUT2D eigenvalue weighted by molar-refractivity contribution is 5.46. The second kappa shape index (κ2) is 8.04. The zero-order valence-corrected chi connectivity index (χ0v) is 13.3. The predicted octanol–water partition coefficient (Wildman–Crippen LogP) is 2.13. The third-order valence-electron chi connectivity index (χ3n) is 4.20. The Morgan fingerprint density at radius 3 is 2.48 bits per heavy atom. The summed E-state index contributed by atoms with van der Waals surface area (Å²) in [6.45, 7) is 6.90. The van der Waals surface area contributed by atoms with Crippen LogP contribution in [0.2, 0.25) is 0 Å². The lowest BCUT2D eigenvalue weighted by molar-refractivity contribution is 0.257. The van der Waals surface area contributed by atoms with Crippen molar-refractivity contribution >= 4 is 5.69 Å². The molecule has 1 N–H and O–H groups in total. The van der Waals surface area contributed by atoms with Gasteiger partial charge >= 0.3 is 0 Å². The van der Waals surface area contributed by atoms with Gasteiger partial charge < -0.3 is 10.2 Å². The zero-order chi connectivity index (χ0) is 15.9. The number of halogens is 1. The summed E-state index contributed by atoms with van der Waals surface area (Å²) < 4.78 is 13.0. The Bertz CT molecular complexity index is 580. The average Bonchev–Trinajstić information content (AvgIpc) is 2.61. The van der Waals surface area contributed by atoms with Crippen molar-refractivity contribution in [1.29, 1.82) is 0 Å². The maximum Gasteiger partial charge on any atom is 0.123 e. The van der Waals surface area contributed by atoms with Crippen LogP contribution in [-0.2, 0) is 6.54 Å². The van der Waals surface area contributed by atoms with Crippen molar-refractivity contribution in [3.8, 4) is 0 Å². The van der Waals surface area contributed by atoms with Gasteiger partial charge in [0.1, 0.15) is 5.82 Å². The molecule has 1 aromatic carbocycles. The van der Waals surface area contributed by atoms with Gasteiger partial charge in [0.05, 0.1) is 5.69 Å². The molecule has 3 rings (SSSR count). The quantitative estimate of drug-likeness (QED) is 0.828. The molecule has 1 aromatic heterocycles. The summed E-state index contributed by atoms with van der Waals surface area (Å²) in [5, 5.41) is 3.44. The van der Waals surface area contributed by atoms with Gasteiger partial charge in [0, 0.05) is 57.7 Å². The van der Waals surface area contributed by atoms with Crippen molar-refractivity contribution in [2.75, 3.05) is 44.2 Å². The van der Waals surface area contributed by atoms with E-state index in [1.807, 2.05) is 36.5 Å². The van der Waals surface area contributed by atoms with E-state index in [0.29, 0.717) is 0 Å². The molecule has 0 atom stereocenters. The first-order valence-electron chi connectivity index (χ1n) is 8.15. The lowest BCUT2D eigenvalue weighted by Gasteiger charge is -2.36. The van der Waals surface area contributed by atoms with Gasteiger partial charge in [-0.3, -0.25) is 9.88 Å². The van der Waals surface area contributed by atoms with E-state index in [1.54, 1.807) is 0 Å². The van der Waals surface area contributed by atoms with Gasteiger partial charge in [0.2, 0.25) is 0 Å². The number of pyridine rings is 1. The summed E-state index contributed by atoms with van der Waals surface area (Å²) in [5.41, 5.74) is 2.19. The van der Waals surface area contributed by atoms with E-state index in [4.69, 9.17) is 0 Å². The van der Waals surface area contributed by atoms with Gasteiger partial charge in [0.25, 0.3) is 0 Å². The number of piperazine rings is 1. The van der Waals surface area contributed by atoms with E-state index >= 15 is 0 Å². The summed E-state index contributed by atoms with van der Waals surface area (Å²) >= 11 is 0. The molecule has 0 unspecified atom stereocenters. The predicted molar refractivity (Wildman–Crippen MR) is 91.0 cm³/mol. The van der Waals surface area contributed by atoms with E-state index in [1.165, 1.54) is 12.1 Å². The first-order chi connectivity index (χ1) is 11.3. The first-order valence-corrected chi connectivity index (χ1v) is 8.15. The molecule has 0 saturated carbocycles. The smallest absolute Gasteiger partial charge is 0.123 e. The van der Waals surface area contributed by atoms with Crippen molar-refractivity contribution in [2.24, 2.45) is 0 Å². The molecule has 0 spiro atoms. The Kier molecular flexibility index (Phi) is 5.56. The highest BCUT2D eigenvalue weighted by Crippen LogP contribution is 2.16. The van der Waals surface area contributed by atoms with Gasteiger partial charge in [-0.15, -0.1) is 0 Å². The molecule has 1 aliphatic rings. The minimum absolute atomic E-state index is 0.175. The highest BCUT2D eigenvalue weighted by atomic mass is 19.1. The average molecular weight is 314 g/mol. The Balaban J connectivity index is 1.35. The van der Waals surface area contributed by atoms with Crippen LogP contribution in [0.5, 0.6) is 0 Å². The molecular weight excluding hydrogens is 291 g/mol. The molecule has 1 fully saturated rings. The fourth-order valence-corrected chi connectivity index (χ4v) is 2.84. The van der Waals surface area contributed by atoms with Gasteiger partial charge in [-0.1, -0.05) is 6.07 Å². The van der Waals surface area contributed by atoms with Crippen LogP contribution in [0.4, 0.5) is 10.1 Å². The van der Waals surface area contributed by atoms with Gasteiger partial charge in [0.15, 0.2) is 0 Å². The Morgan fingerprint density at radius 2 is 1.78 bits per heavy atom. The fraction of sp³-hybridized carbons (Fsp3) is 0.389. The maximum atomic E-state index is 13.0. The SMILES string of the molecule is Fc1ccc(N2CCN(CCNCc3ccccn3)CC2)cc1. The van der Waals surface area contributed by atoms with Gasteiger partial charge in [-0.25, -0.2) is 4.39 Å². The van der Waals surface area contributed by atoms with Crippen LogP contribution >= 0.6 is 0 Å². The maximum absolute atomic E-state index is 13.0. The van der Waals surface area contributed by atoms with E-state index in [0.717, 1.165) is 57.2 Å². The number of nitrogens with zero attached hydrogens (tertiary/aromatic N) is 3. The van der Waals surface area contributed by atoms with Crippen LogP contribution in [-0.4, -0.2) is 49.2 Å². The van der Waals surface area contributed by atoms with Crippen LogP contribution in [0.25, 0.3) is 0 Å². The number of hydrogen-bond donors (Lipinski definition) is 1. The molecule has 0 amide bonds. The monoisotopic (exact) mass is 314 g/mol. The Labute approximate surface area is 136 Å². The number of aromatic nitrogens is 1. The number of hydrogen-bond acceptors (Lipinski definition) is 4. The number of nitrogens with one attached hydrogen (secondary N) is 1. The molecule has 5 heteroatoms. The lowest BCUT2D eigenvalue weighted by atomic mass is 10.2. The second-order valence-corrected chi connectivity index (χ2v) is 5.80. The normalized spacial score (nSPS) is 15.8. The molecular formula is C18H23FN4. The molecule has 122 valence electrons. The summed E-state index contributed by atoms with van der Waals surface area (Å²) in [5.74, 6) is -0.175. The molecule has 2 aromatic rings. The van der Waals surface area contributed by atoms with Crippen molar-refractivity contribution in [3.05, 3.63) is 60.2 Å². The van der Waals surface area contributed by atoms with Crippen LogP contribution in [0, 0.1) is 5.82 Å². The molecule has 0 bridgehead atoms. The molecule has 4 nitrogen and oxygen atoms in total. The van der Waals surface area contributed by atoms with Crippen molar-refractivity contribution < 1.29 is 4.39 Å². The second-order valence-electron chi connectivity index (χ2n) is 5.80. The Hall–Kier alpha value is -1.98. The lowest BCUT2D eigenvalue weighted by Crippen LogP contribution is -2.48. The van der Waals surface area contributed by atoms with Gasteiger partial charge in [-0.2, -0.15) is 0 Å². The van der Waals surface area contributed by atoms with E-state index < -0.39 is 0 Å². The van der Waals surface area contributed by atoms with Crippen LogP contribution in [0.1, 0.15) is 5.69 Å². The van der Waals surface area contributed by atoms with E-state index in [-0.39, 0.29) is 5.82 Å². The molecule has 0 radical (unpaired) electrons. The first kappa shape index (κ1) is 15.9. The molecule has 1 aliphatic heterocycles. The largest absolute Gasteiger partial charge is 0.369 e. The number of anilines is 1. The zero-order valence-electron chi connectivity index (χ0n) is 13.3. The Morgan fingerprint density at radius 1 is 1.00 bits per heavy atom. The van der Waals surface area contributed by atoms with Crippen LogP contribution < -0.4 is 10.2 Å². The molecule has 1 saturated heterocycles. The summed E-state index contributed by atoms with van der Waals surface area (Å²) in [6.07, 6.45) is 1.83. The molecule has 0 aliphatic carbocycles. The topological polar surface area (TPSA) is 31.4 Å². The minimum atomic E-state index is -0.175. The summed E-state index contributed by atoms with van der Waals surface area (Å²) in [4.78, 5) is 9.08. The van der Waals surface area contributed by atoms with Crippen molar-refractivity contribution in [2.45, 2.75) is 6.54 Å². The number of rotatable bonds is 6. The summed E-state index contributed by atoms with van der Waals surface area (Å²) in [7, 11) is 0. The molecule has 2 heterocycles. The van der Waals surface area contributed by atoms with Crippen molar-refractivity contribution in [1.82, 2.24) is 15.2 Å². The van der Waals surface area contributed by atoms with Crippen LogP contribution in [0.15, 0.2) is 48.7 Å². The molecule has 23 heavy (non-hydrogen) atoms. The minimum Gasteiger partial charge on any atom is -0.369 e.